The minimum atomic E-state index is -0.507. The SMILES string of the molecule is CC(C)(C)OC(=O)N1CCC(C(=O)C=[N+]=[N-])CC1. The van der Waals surface area contributed by atoms with Crippen molar-refractivity contribution in [2.75, 3.05) is 13.1 Å². The molecule has 18 heavy (non-hydrogen) atoms. The Morgan fingerprint density at radius 3 is 2.33 bits per heavy atom. The van der Waals surface area contributed by atoms with Gasteiger partial charge in [-0.2, -0.15) is 4.79 Å². The molecule has 0 radical (unpaired) electrons. The van der Waals surface area contributed by atoms with Gasteiger partial charge in [-0.15, -0.1) is 0 Å². The summed E-state index contributed by atoms with van der Waals surface area (Å²) in [4.78, 5) is 27.6. The molecule has 0 atom stereocenters. The van der Waals surface area contributed by atoms with Gasteiger partial charge in [0.2, 0.25) is 5.78 Å². The summed E-state index contributed by atoms with van der Waals surface area (Å²) >= 11 is 0. The largest absolute Gasteiger partial charge is 0.444 e. The summed E-state index contributed by atoms with van der Waals surface area (Å²) in [6.07, 6.45) is 1.73. The number of rotatable bonds is 2. The fraction of sp³-hybridized carbons (Fsp3) is 0.750. The molecule has 1 fully saturated rings. The van der Waals surface area contributed by atoms with E-state index in [0.717, 1.165) is 6.21 Å². The lowest BCUT2D eigenvalue weighted by atomic mass is 9.93. The van der Waals surface area contributed by atoms with Crippen LogP contribution in [0.25, 0.3) is 5.53 Å². The summed E-state index contributed by atoms with van der Waals surface area (Å²) in [7, 11) is 0. The van der Waals surface area contributed by atoms with Gasteiger partial charge in [0.1, 0.15) is 5.60 Å². The molecule has 1 heterocycles. The van der Waals surface area contributed by atoms with Crippen molar-refractivity contribution in [2.45, 2.75) is 39.2 Å². The van der Waals surface area contributed by atoms with Gasteiger partial charge in [-0.3, -0.25) is 4.79 Å². The number of ether oxygens (including phenoxy) is 1. The zero-order valence-corrected chi connectivity index (χ0v) is 11.0. The number of carbonyl (C=O) groups excluding carboxylic acids is 2. The Bertz CT molecular complexity index is 373. The van der Waals surface area contributed by atoms with Crippen molar-refractivity contribution in [1.82, 2.24) is 4.90 Å². The van der Waals surface area contributed by atoms with Crippen LogP contribution in [0.5, 0.6) is 0 Å². The predicted octanol–water partition coefficient (Wildman–Crippen LogP) is 1.50. The summed E-state index contributed by atoms with van der Waals surface area (Å²) in [6.45, 7) is 6.44. The average Bonchev–Trinajstić information content (AvgIpc) is 2.27. The first-order valence-corrected chi connectivity index (χ1v) is 6.02. The molecule has 0 aromatic carbocycles. The molecule has 1 saturated heterocycles. The third-order valence-corrected chi connectivity index (χ3v) is 2.73. The molecular formula is C12H19N3O3. The van der Waals surface area contributed by atoms with Crippen LogP contribution < -0.4 is 0 Å². The highest BCUT2D eigenvalue weighted by molar-refractivity contribution is 6.26. The van der Waals surface area contributed by atoms with E-state index in [0.29, 0.717) is 25.9 Å². The number of ketones is 1. The number of carbonyl (C=O) groups is 2. The number of likely N-dealkylation sites (tertiary alicyclic amines) is 1. The molecule has 6 nitrogen and oxygen atoms in total. The Morgan fingerprint density at radius 1 is 1.33 bits per heavy atom. The molecule has 0 unspecified atom stereocenters. The van der Waals surface area contributed by atoms with Crippen LogP contribution in [0.1, 0.15) is 33.6 Å². The van der Waals surface area contributed by atoms with Crippen LogP contribution in [0.4, 0.5) is 4.79 Å². The van der Waals surface area contributed by atoms with Gasteiger partial charge in [-0.05, 0) is 33.6 Å². The minimum absolute atomic E-state index is 0.167. The maximum absolute atomic E-state index is 11.8. The van der Waals surface area contributed by atoms with Crippen LogP contribution >= 0.6 is 0 Å². The van der Waals surface area contributed by atoms with Crippen molar-refractivity contribution >= 4 is 18.1 Å². The lowest BCUT2D eigenvalue weighted by Gasteiger charge is -2.32. The molecule has 6 heteroatoms. The molecule has 0 spiro atoms. The third-order valence-electron chi connectivity index (χ3n) is 2.73. The van der Waals surface area contributed by atoms with Crippen molar-refractivity contribution in [3.63, 3.8) is 0 Å². The molecule has 1 amide bonds. The van der Waals surface area contributed by atoms with E-state index in [1.807, 2.05) is 20.8 Å². The van der Waals surface area contributed by atoms with E-state index < -0.39 is 5.60 Å². The van der Waals surface area contributed by atoms with E-state index in [1.165, 1.54) is 0 Å². The van der Waals surface area contributed by atoms with E-state index in [2.05, 4.69) is 4.79 Å². The highest BCUT2D eigenvalue weighted by Gasteiger charge is 2.30. The Kier molecular flexibility index (Phi) is 4.62. The number of nitrogens with zero attached hydrogens (tertiary/aromatic N) is 3. The molecule has 0 aliphatic carbocycles. The fourth-order valence-corrected chi connectivity index (χ4v) is 1.84. The Morgan fingerprint density at radius 2 is 1.89 bits per heavy atom. The van der Waals surface area contributed by atoms with E-state index in [1.54, 1.807) is 4.90 Å². The number of hydrogen-bond acceptors (Lipinski definition) is 3. The number of piperidine rings is 1. The first-order valence-electron chi connectivity index (χ1n) is 6.02. The van der Waals surface area contributed by atoms with Gasteiger partial charge in [0.15, 0.2) is 0 Å². The van der Waals surface area contributed by atoms with Crippen molar-refractivity contribution in [2.24, 2.45) is 5.92 Å². The number of hydrogen-bond donors (Lipinski definition) is 0. The molecule has 100 valence electrons. The van der Waals surface area contributed by atoms with Gasteiger partial charge in [-0.1, -0.05) is 0 Å². The molecule has 1 aliphatic rings. The zero-order valence-electron chi connectivity index (χ0n) is 11.0. The Labute approximate surface area is 107 Å². The summed E-state index contributed by atoms with van der Waals surface area (Å²) in [6, 6.07) is 0. The summed E-state index contributed by atoms with van der Waals surface area (Å²) in [5.74, 6) is -0.360. The Balaban J connectivity index is 2.46. The van der Waals surface area contributed by atoms with Crippen LogP contribution in [0.3, 0.4) is 0 Å². The highest BCUT2D eigenvalue weighted by Crippen LogP contribution is 2.19. The second-order valence-corrected chi connectivity index (χ2v) is 5.39. The molecular weight excluding hydrogens is 234 g/mol. The van der Waals surface area contributed by atoms with Crippen LogP contribution in [-0.2, 0) is 9.53 Å². The van der Waals surface area contributed by atoms with Gasteiger partial charge >= 0.3 is 12.3 Å². The van der Waals surface area contributed by atoms with E-state index in [9.17, 15) is 9.59 Å². The standard InChI is InChI=1S/C12H19N3O3/c1-12(2,3)18-11(17)15-6-4-9(5-7-15)10(16)8-14-13/h8-9H,4-7H2,1-3H3. The summed E-state index contributed by atoms with van der Waals surface area (Å²) in [5.41, 5.74) is 7.79. The van der Waals surface area contributed by atoms with Gasteiger partial charge < -0.3 is 15.2 Å². The molecule has 0 bridgehead atoms. The smallest absolute Gasteiger partial charge is 0.410 e. The predicted molar refractivity (Wildman–Crippen MR) is 65.2 cm³/mol. The van der Waals surface area contributed by atoms with Crippen LogP contribution in [-0.4, -0.2) is 46.5 Å². The van der Waals surface area contributed by atoms with Crippen LogP contribution in [0.15, 0.2) is 0 Å². The maximum Gasteiger partial charge on any atom is 0.410 e. The average molecular weight is 253 g/mol. The molecule has 1 aliphatic heterocycles. The normalized spacial score (nSPS) is 16.9. The van der Waals surface area contributed by atoms with Gasteiger partial charge in [0, 0.05) is 19.0 Å². The second kappa shape index (κ2) is 5.78. The number of amides is 1. The summed E-state index contributed by atoms with van der Waals surface area (Å²) in [5, 5.41) is 0. The molecule has 0 aromatic heterocycles. The monoisotopic (exact) mass is 253 g/mol. The second-order valence-electron chi connectivity index (χ2n) is 5.39. The fourth-order valence-electron chi connectivity index (χ4n) is 1.84. The maximum atomic E-state index is 11.8. The Hall–Kier alpha value is -1.68. The molecule has 1 rings (SSSR count). The van der Waals surface area contributed by atoms with E-state index in [4.69, 9.17) is 10.3 Å². The lowest BCUT2D eigenvalue weighted by molar-refractivity contribution is -0.121. The topological polar surface area (TPSA) is 83.0 Å². The van der Waals surface area contributed by atoms with E-state index in [-0.39, 0.29) is 17.8 Å². The minimum Gasteiger partial charge on any atom is -0.444 e. The van der Waals surface area contributed by atoms with Crippen molar-refractivity contribution in [1.29, 1.82) is 0 Å². The van der Waals surface area contributed by atoms with Crippen molar-refractivity contribution < 1.29 is 19.1 Å². The van der Waals surface area contributed by atoms with Gasteiger partial charge in [0.25, 0.3) is 0 Å². The molecule has 0 N–H and O–H groups in total. The first-order chi connectivity index (χ1) is 8.33. The third kappa shape index (κ3) is 4.30. The number of Topliss-reactive ketones (excluding diaryl/α,β-unsaturated/α-hetero) is 1. The van der Waals surface area contributed by atoms with Gasteiger partial charge in [-0.25, -0.2) is 4.79 Å². The van der Waals surface area contributed by atoms with E-state index >= 15 is 0 Å². The summed E-state index contributed by atoms with van der Waals surface area (Å²) < 4.78 is 5.26. The highest BCUT2D eigenvalue weighted by atomic mass is 16.6. The first kappa shape index (κ1) is 14.4. The zero-order chi connectivity index (χ0) is 13.8. The van der Waals surface area contributed by atoms with Crippen LogP contribution in [0.2, 0.25) is 0 Å². The van der Waals surface area contributed by atoms with Crippen molar-refractivity contribution in [3.8, 4) is 0 Å². The molecule has 0 aromatic rings. The quantitative estimate of drug-likeness (QED) is 0.425. The van der Waals surface area contributed by atoms with Crippen molar-refractivity contribution in [3.05, 3.63) is 5.53 Å². The lowest BCUT2D eigenvalue weighted by Crippen LogP contribution is -2.43. The van der Waals surface area contributed by atoms with Gasteiger partial charge in [0.05, 0.1) is 0 Å². The molecule has 0 saturated carbocycles. The van der Waals surface area contributed by atoms with Crippen LogP contribution in [0, 0.1) is 5.92 Å².